The molecule has 14 heteroatoms. The second-order valence-corrected chi connectivity index (χ2v) is 8.50. The number of hydrogen-bond acceptors (Lipinski definition) is 5. The fraction of sp³-hybridized carbons (Fsp3) is 0.0909. The van der Waals surface area contributed by atoms with E-state index in [1.807, 2.05) is 0 Å². The standard InChI is InChI=1S/C22H13F7N2O4S/c23-17-6-3-5-16(22(27,28)29)19(17)20(32)31-30-12-13-4-1-2-7-18(13)35-36(33,34)15-10-8-14(9-11-15)21(24,25)26/h1-12H,(H,31,32)/b30-12+. The monoisotopic (exact) mass is 534 g/mol. The van der Waals surface area contributed by atoms with Crippen LogP contribution in [-0.4, -0.2) is 20.5 Å². The van der Waals surface area contributed by atoms with Crippen LogP contribution in [-0.2, 0) is 22.5 Å². The molecule has 0 aliphatic carbocycles. The van der Waals surface area contributed by atoms with Crippen molar-refractivity contribution < 1.29 is 48.1 Å². The normalized spacial score (nSPS) is 12.5. The van der Waals surface area contributed by atoms with Crippen LogP contribution in [0.2, 0.25) is 0 Å². The topological polar surface area (TPSA) is 84.8 Å². The van der Waals surface area contributed by atoms with Crippen LogP contribution in [0.15, 0.2) is 76.7 Å². The molecule has 0 fully saturated rings. The van der Waals surface area contributed by atoms with E-state index in [4.69, 9.17) is 4.18 Å². The van der Waals surface area contributed by atoms with Crippen molar-refractivity contribution in [3.8, 4) is 5.75 Å². The largest absolute Gasteiger partial charge is 0.417 e. The first-order chi connectivity index (χ1) is 16.7. The van der Waals surface area contributed by atoms with E-state index in [0.717, 1.165) is 18.3 Å². The zero-order valence-corrected chi connectivity index (χ0v) is 18.4. The molecule has 3 aromatic rings. The third-order valence-corrected chi connectivity index (χ3v) is 5.75. The van der Waals surface area contributed by atoms with Crippen molar-refractivity contribution in [2.45, 2.75) is 17.2 Å². The smallest absolute Gasteiger partial charge is 0.378 e. The van der Waals surface area contributed by atoms with Crippen LogP contribution in [0.5, 0.6) is 5.75 Å². The van der Waals surface area contributed by atoms with E-state index in [0.29, 0.717) is 36.4 Å². The van der Waals surface area contributed by atoms with Crippen LogP contribution in [0.1, 0.15) is 27.0 Å². The number of benzene rings is 3. The first-order valence-electron chi connectivity index (χ1n) is 9.60. The second-order valence-electron chi connectivity index (χ2n) is 6.96. The maximum atomic E-state index is 13.9. The molecule has 0 spiro atoms. The fourth-order valence-electron chi connectivity index (χ4n) is 2.85. The highest BCUT2D eigenvalue weighted by Crippen LogP contribution is 2.33. The van der Waals surface area contributed by atoms with Gasteiger partial charge in [0, 0.05) is 5.56 Å². The number of nitrogens with one attached hydrogen (secondary N) is 1. The highest BCUT2D eigenvalue weighted by atomic mass is 32.2. The molecule has 0 aliphatic heterocycles. The molecule has 1 N–H and O–H groups in total. The molecule has 0 bridgehead atoms. The summed E-state index contributed by atoms with van der Waals surface area (Å²) in [7, 11) is -4.60. The van der Waals surface area contributed by atoms with Gasteiger partial charge in [-0.2, -0.15) is 39.9 Å². The number of hydrogen-bond donors (Lipinski definition) is 1. The number of amides is 1. The van der Waals surface area contributed by atoms with Crippen LogP contribution in [0.3, 0.4) is 0 Å². The average Bonchev–Trinajstić information content (AvgIpc) is 2.78. The minimum atomic E-state index is -5.02. The summed E-state index contributed by atoms with van der Waals surface area (Å²) in [5, 5.41) is 3.43. The molecule has 0 aliphatic rings. The lowest BCUT2D eigenvalue weighted by molar-refractivity contribution is -0.138. The van der Waals surface area contributed by atoms with Crippen molar-refractivity contribution in [1.82, 2.24) is 5.43 Å². The molecule has 0 unspecified atom stereocenters. The fourth-order valence-corrected chi connectivity index (χ4v) is 3.80. The van der Waals surface area contributed by atoms with Crippen molar-refractivity contribution in [3.63, 3.8) is 0 Å². The van der Waals surface area contributed by atoms with E-state index >= 15 is 0 Å². The highest BCUT2D eigenvalue weighted by molar-refractivity contribution is 7.87. The summed E-state index contributed by atoms with van der Waals surface area (Å²) in [5.74, 6) is -3.33. The zero-order valence-electron chi connectivity index (χ0n) is 17.6. The van der Waals surface area contributed by atoms with Crippen LogP contribution >= 0.6 is 0 Å². The molecule has 0 heterocycles. The van der Waals surface area contributed by atoms with Gasteiger partial charge in [0.15, 0.2) is 5.75 Å². The van der Waals surface area contributed by atoms with E-state index in [9.17, 15) is 43.9 Å². The van der Waals surface area contributed by atoms with Crippen LogP contribution in [0, 0.1) is 5.82 Å². The predicted molar refractivity (Wildman–Crippen MR) is 112 cm³/mol. The summed E-state index contributed by atoms with van der Waals surface area (Å²) in [6, 6.07) is 9.61. The summed E-state index contributed by atoms with van der Waals surface area (Å²) in [4.78, 5) is 11.6. The van der Waals surface area contributed by atoms with Gasteiger partial charge in [0.25, 0.3) is 5.91 Å². The molecular formula is C22H13F7N2O4S. The number of para-hydroxylation sites is 1. The van der Waals surface area contributed by atoms with Crippen molar-refractivity contribution >= 4 is 22.2 Å². The third-order valence-electron chi connectivity index (χ3n) is 4.50. The van der Waals surface area contributed by atoms with Gasteiger partial charge in [0.2, 0.25) is 0 Å². The Labute approximate surface area is 199 Å². The first-order valence-corrected chi connectivity index (χ1v) is 11.0. The Kier molecular flexibility index (Phi) is 7.38. The highest BCUT2D eigenvalue weighted by Gasteiger charge is 2.36. The second kappa shape index (κ2) is 9.97. The Balaban J connectivity index is 1.81. The molecule has 3 rings (SSSR count). The number of carbonyl (C=O) groups is 1. The van der Waals surface area contributed by atoms with Gasteiger partial charge in [0.1, 0.15) is 10.7 Å². The number of hydrazone groups is 1. The minimum Gasteiger partial charge on any atom is -0.378 e. The van der Waals surface area contributed by atoms with Gasteiger partial charge in [-0.3, -0.25) is 4.79 Å². The van der Waals surface area contributed by atoms with E-state index in [1.54, 1.807) is 5.43 Å². The molecule has 36 heavy (non-hydrogen) atoms. The third kappa shape index (κ3) is 6.19. The van der Waals surface area contributed by atoms with Crippen molar-refractivity contribution in [3.05, 3.63) is 94.8 Å². The number of rotatable bonds is 6. The number of halogens is 7. The zero-order chi connectivity index (χ0) is 26.7. The van der Waals surface area contributed by atoms with Gasteiger partial charge in [-0.15, -0.1) is 0 Å². The molecule has 0 atom stereocenters. The summed E-state index contributed by atoms with van der Waals surface area (Å²) in [6.45, 7) is 0. The minimum absolute atomic E-state index is 0.0853. The average molecular weight is 534 g/mol. The summed E-state index contributed by atoms with van der Waals surface area (Å²) >= 11 is 0. The first kappa shape index (κ1) is 26.7. The summed E-state index contributed by atoms with van der Waals surface area (Å²) in [5.41, 5.74) is -2.26. The van der Waals surface area contributed by atoms with Crippen LogP contribution in [0.25, 0.3) is 0 Å². The predicted octanol–water partition coefficient (Wildman–Crippen LogP) is 5.39. The van der Waals surface area contributed by atoms with Crippen molar-refractivity contribution in [2.24, 2.45) is 5.10 Å². The molecule has 0 radical (unpaired) electrons. The lowest BCUT2D eigenvalue weighted by Gasteiger charge is -2.12. The maximum absolute atomic E-state index is 13.9. The molecule has 0 saturated carbocycles. The number of alkyl halides is 6. The molecule has 0 aromatic heterocycles. The maximum Gasteiger partial charge on any atom is 0.417 e. The van der Waals surface area contributed by atoms with E-state index in [-0.39, 0.29) is 11.3 Å². The molecule has 0 saturated heterocycles. The summed E-state index contributed by atoms with van der Waals surface area (Å²) in [6.07, 6.45) is -8.88. The molecule has 6 nitrogen and oxygen atoms in total. The van der Waals surface area contributed by atoms with E-state index in [1.165, 1.54) is 18.2 Å². The summed E-state index contributed by atoms with van der Waals surface area (Å²) < 4.78 is 121. The lowest BCUT2D eigenvalue weighted by Crippen LogP contribution is -2.24. The van der Waals surface area contributed by atoms with E-state index in [2.05, 4.69) is 5.10 Å². The number of carbonyl (C=O) groups excluding carboxylic acids is 1. The Bertz CT molecular complexity index is 1400. The Morgan fingerprint density at radius 2 is 1.50 bits per heavy atom. The Hall–Kier alpha value is -3.94. The quantitative estimate of drug-likeness (QED) is 0.199. The number of nitrogens with zero attached hydrogens (tertiary/aromatic N) is 1. The van der Waals surface area contributed by atoms with Gasteiger partial charge in [0.05, 0.1) is 22.9 Å². The molecule has 1 amide bonds. The van der Waals surface area contributed by atoms with Crippen molar-refractivity contribution in [1.29, 1.82) is 0 Å². The Morgan fingerprint density at radius 1 is 0.861 bits per heavy atom. The lowest BCUT2D eigenvalue weighted by atomic mass is 10.1. The van der Waals surface area contributed by atoms with Gasteiger partial charge >= 0.3 is 22.5 Å². The van der Waals surface area contributed by atoms with Gasteiger partial charge in [-0.1, -0.05) is 18.2 Å². The molecule has 190 valence electrons. The van der Waals surface area contributed by atoms with Gasteiger partial charge < -0.3 is 4.18 Å². The van der Waals surface area contributed by atoms with Crippen LogP contribution < -0.4 is 9.61 Å². The van der Waals surface area contributed by atoms with Gasteiger partial charge in [-0.05, 0) is 48.5 Å². The molecular weight excluding hydrogens is 521 g/mol. The molecule has 3 aromatic carbocycles. The Morgan fingerprint density at radius 3 is 2.11 bits per heavy atom. The van der Waals surface area contributed by atoms with Crippen molar-refractivity contribution in [2.75, 3.05) is 0 Å². The van der Waals surface area contributed by atoms with Crippen LogP contribution in [0.4, 0.5) is 30.7 Å². The van der Waals surface area contributed by atoms with Gasteiger partial charge in [-0.25, -0.2) is 9.82 Å². The SMILES string of the molecule is O=C(N/N=C/c1ccccc1OS(=O)(=O)c1ccc(C(F)(F)F)cc1)c1c(F)cccc1C(F)(F)F. The van der Waals surface area contributed by atoms with E-state index < -0.39 is 55.8 Å².